The number of ketones is 6. The summed E-state index contributed by atoms with van der Waals surface area (Å²) in [7, 11) is 0. The monoisotopic (exact) mass is 1800 g/mol. The van der Waals surface area contributed by atoms with Crippen molar-refractivity contribution in [3.63, 3.8) is 0 Å². The number of carboxylic acids is 2. The molecule has 0 saturated heterocycles. The summed E-state index contributed by atoms with van der Waals surface area (Å²) < 4.78 is 45.0. The van der Waals surface area contributed by atoms with Gasteiger partial charge < -0.3 is 81.9 Å². The summed E-state index contributed by atoms with van der Waals surface area (Å²) in [4.78, 5) is 151. The number of unbranched alkanes of at least 4 members (excludes halogenated alkanes) is 2. The molecule has 0 aliphatic carbocycles. The summed E-state index contributed by atoms with van der Waals surface area (Å²) in [6, 6.07) is 14.7. The number of benzene rings is 2. The molecule has 9 N–H and O–H groups in total. The molecule has 0 aliphatic heterocycles. The normalized spacial score (nSPS) is 12.0. The molecule has 0 spiro atoms. The van der Waals surface area contributed by atoms with Gasteiger partial charge in [0.25, 0.3) is 0 Å². The van der Waals surface area contributed by atoms with E-state index < -0.39 is 23.9 Å². The molecule has 0 aromatic heterocycles. The second-order valence-corrected chi connectivity index (χ2v) is 29.9. The summed E-state index contributed by atoms with van der Waals surface area (Å²) in [5.41, 5.74) is 7.38. The van der Waals surface area contributed by atoms with Crippen molar-refractivity contribution in [1.29, 1.82) is 0 Å². The third-order valence-electron chi connectivity index (χ3n) is 16.5. The van der Waals surface area contributed by atoms with Crippen molar-refractivity contribution in [3.05, 3.63) is 66.8 Å². The second-order valence-electron chi connectivity index (χ2n) is 27.4. The Bertz CT molecular complexity index is 2950. The van der Waals surface area contributed by atoms with E-state index in [1.54, 1.807) is 13.8 Å². The molecule has 31 heteroatoms. The number of rotatable bonds is 64. The predicted octanol–water partition coefficient (Wildman–Crippen LogP) is 8.56. The number of halogens is 2. The summed E-state index contributed by atoms with van der Waals surface area (Å²) in [5.74, 6) is -4.13. The lowest BCUT2D eigenvalue weighted by atomic mass is 9.92. The number of Topliss-reactive ketones (excluding diaryl/α,β-unsaturated/α-hetero) is 6. The number of ether oxygens (including phenoxy) is 8. The maximum absolute atomic E-state index is 12.3. The first-order valence-corrected chi connectivity index (χ1v) is 40.7. The highest BCUT2D eigenvalue weighted by Crippen LogP contribution is 2.17. The Hall–Kier alpha value is -6.15. The number of aliphatic carboxylic acids is 2. The average molecular weight is 1800 g/mol. The van der Waals surface area contributed by atoms with E-state index in [1.165, 1.54) is 6.92 Å². The van der Waals surface area contributed by atoms with E-state index in [0.29, 0.717) is 84.6 Å². The Labute approximate surface area is 686 Å². The van der Waals surface area contributed by atoms with Crippen LogP contribution in [0.1, 0.15) is 197 Å². The van der Waals surface area contributed by atoms with Crippen LogP contribution in [0.2, 0.25) is 0 Å². The minimum absolute atomic E-state index is 0. The third-order valence-corrected chi connectivity index (χ3v) is 18.0. The van der Waals surface area contributed by atoms with Crippen LogP contribution in [-0.2, 0) is 113 Å². The van der Waals surface area contributed by atoms with Crippen LogP contribution < -0.4 is 32.3 Å². The van der Waals surface area contributed by atoms with Gasteiger partial charge in [-0.2, -0.15) is 0 Å². The smallest absolute Gasteiger partial charge is 0.326 e. The van der Waals surface area contributed by atoms with Crippen LogP contribution in [0.4, 0.5) is 0 Å². The fourth-order valence-electron chi connectivity index (χ4n) is 9.03. The van der Waals surface area contributed by atoms with Crippen LogP contribution in [0.15, 0.2) is 48.5 Å². The molecule has 634 valence electrons. The second kappa shape index (κ2) is 70.5. The highest BCUT2D eigenvalue weighted by molar-refractivity contribution is 14.1. The number of carboxylic acid groups (broad SMARTS) is 2. The molecule has 0 aliphatic rings. The molecule has 2 aromatic carbocycles. The summed E-state index contributed by atoms with van der Waals surface area (Å²) >= 11 is 4.46. The van der Waals surface area contributed by atoms with E-state index in [0.717, 1.165) is 69.6 Å². The van der Waals surface area contributed by atoms with E-state index in [9.17, 15) is 72.5 Å². The number of nitrogens with two attached hydrogens (primary N) is 1. The Kier molecular flexibility index (Phi) is 67.9. The highest BCUT2D eigenvalue weighted by atomic mass is 127. The van der Waals surface area contributed by atoms with Crippen molar-refractivity contribution in [2.75, 3.05) is 132 Å². The Balaban J connectivity index is -0.00000180. The molecule has 0 saturated carbocycles. The van der Waals surface area contributed by atoms with Crippen LogP contribution in [0.3, 0.4) is 0 Å². The van der Waals surface area contributed by atoms with Crippen LogP contribution in [0.5, 0.6) is 0 Å². The first-order chi connectivity index (χ1) is 52.8. The topological polar surface area (TPSA) is 422 Å². The molecule has 0 heterocycles. The zero-order valence-electron chi connectivity index (χ0n) is 68.2. The summed E-state index contributed by atoms with van der Waals surface area (Å²) in [6.07, 6.45) is 10.1. The van der Waals surface area contributed by atoms with Crippen LogP contribution in [0.25, 0.3) is 0 Å². The van der Waals surface area contributed by atoms with Gasteiger partial charge in [0, 0.05) is 103 Å². The average Bonchev–Trinajstić information content (AvgIpc) is 0.919. The molecule has 111 heavy (non-hydrogen) atoms. The number of aryl methyl sites for hydroxylation is 2. The first kappa shape index (κ1) is 107. The molecular formula is C80H131I2N6O23-. The molecule has 29 nitrogen and oxygen atoms in total. The zero-order valence-corrected chi connectivity index (χ0v) is 71.5. The van der Waals surface area contributed by atoms with Gasteiger partial charge in [0.05, 0.1) is 78.0 Å². The number of carbonyl (C=O) groups excluding carboxylic acids is 11. The molecule has 5 amide bonds. The lowest BCUT2D eigenvalue weighted by Crippen LogP contribution is -2.41. The van der Waals surface area contributed by atoms with Gasteiger partial charge in [-0.05, 0) is 178 Å². The van der Waals surface area contributed by atoms with Crippen molar-refractivity contribution in [2.24, 2.45) is 23.0 Å². The van der Waals surface area contributed by atoms with E-state index >= 15 is 0 Å². The van der Waals surface area contributed by atoms with E-state index in [2.05, 4.69) is 78.7 Å². The van der Waals surface area contributed by atoms with Crippen LogP contribution in [-0.4, -0.2) is 230 Å². The molecule has 4 atom stereocenters. The maximum Gasteiger partial charge on any atom is 0.326 e. The van der Waals surface area contributed by atoms with Crippen molar-refractivity contribution in [3.8, 4) is 0 Å². The van der Waals surface area contributed by atoms with Crippen molar-refractivity contribution in [2.45, 2.75) is 209 Å². The van der Waals surface area contributed by atoms with Gasteiger partial charge in [-0.3, -0.25) is 57.5 Å². The molecule has 0 unspecified atom stereocenters. The highest BCUT2D eigenvalue weighted by Gasteiger charge is 2.24. The number of carbonyl (C=O) groups is 13. The van der Waals surface area contributed by atoms with E-state index in [4.69, 9.17) is 43.6 Å². The summed E-state index contributed by atoms with van der Waals surface area (Å²) in [6.45, 7) is 21.2. The van der Waals surface area contributed by atoms with Gasteiger partial charge in [-0.15, -0.1) is 0 Å². The molecule has 0 radical (unpaired) electrons. The fraction of sp³-hybridized carbons (Fsp3) is 0.688. The predicted molar refractivity (Wildman–Crippen MR) is 439 cm³/mol. The minimum Gasteiger partial charge on any atom is -1.00 e. The van der Waals surface area contributed by atoms with Gasteiger partial charge in [0.2, 0.25) is 29.5 Å². The van der Waals surface area contributed by atoms with Crippen LogP contribution in [0, 0.1) is 24.4 Å². The zero-order chi connectivity index (χ0) is 83.5. The molecule has 2 rings (SSSR count). The lowest BCUT2D eigenvalue weighted by Gasteiger charge is -2.14. The number of hydrogen-bond acceptors (Lipinski definition) is 22. The Morgan fingerprint density at radius 3 is 1.27 bits per heavy atom. The van der Waals surface area contributed by atoms with E-state index in [-0.39, 0.29) is 214 Å². The van der Waals surface area contributed by atoms with Crippen LogP contribution >= 0.6 is 45.2 Å². The van der Waals surface area contributed by atoms with Gasteiger partial charge in [-0.1, -0.05) is 78.6 Å². The number of nitrogens with one attached hydrogen (secondary N) is 5. The molecule has 2 aromatic rings. The van der Waals surface area contributed by atoms with E-state index in [1.807, 2.05) is 83.1 Å². The van der Waals surface area contributed by atoms with Gasteiger partial charge in [-0.25, -0.2) is 4.79 Å². The standard InChI is InChI=1S/C36H56IN3O11.C33H51IN2O10.C6H12O.C5H11NO.H/c1-27(28(2)41)7-3-4-17-38-34(44)25-51-24-22-49-20-18-39-35(45)26-50-23-21-48-19-6-9-31(42)15-16-32(36(46)47)40-33(43)10-5-8-29-11-13-30(37)14-12-29;1-2-3-15-35-32(40)25-46-22-19-43-17-5-8-30(38)24-45-21-20-44-18-16-36-31(39)14-11-27(33(41)42)23-29(37)7-4-6-26-9-12-28(34)13-10-26;1-5(7)6(2,3)4;1-3-5(6)4(2)7;/h11-14,27,32H,3-10,15-26H2,1-2H3,(H,38,44)(H,39,45)(H,40,43)(H,46,47);9-10,12-13,27H,2-8,11,14-25H2,1H3,(H,35,40)(H,36,39)(H,41,42);1-4H3;5H,3,6H2,1-2H3;/q;;;;-1/t27-,32-;27-;;5-;/m01.0./s1. The first-order valence-electron chi connectivity index (χ1n) is 38.6. The third kappa shape index (κ3) is 69.1. The minimum atomic E-state index is -1.17. The van der Waals surface area contributed by atoms with Gasteiger partial charge in [0.15, 0.2) is 5.78 Å². The van der Waals surface area contributed by atoms with Crippen molar-refractivity contribution < 1.29 is 112 Å². The molecule has 0 fully saturated rings. The quantitative estimate of drug-likeness (QED) is 0.0227. The SMILES string of the molecule is CC(=O)C(C)(C)C.CC(=O)[C@@H](C)CCCCNC(=O)COCCOCCNC(=O)COCCOCCCC(=O)CC[C@H](NC(=O)CCCc1ccc(I)cc1)C(=O)O.CCCCNC(=O)COCCOCCCC(=O)COCCOCCNC(=O)CC[C@H](CC(=O)CCCc1ccc(I)cc1)C(=O)O.CC[C@H](N)C(C)=O.[H-]. The van der Waals surface area contributed by atoms with Gasteiger partial charge in [0.1, 0.15) is 61.4 Å². The maximum atomic E-state index is 12.3. The van der Waals surface area contributed by atoms with Crippen molar-refractivity contribution in [1.82, 2.24) is 26.6 Å². The largest absolute Gasteiger partial charge is 1.00 e. The molecular weight excluding hydrogens is 1670 g/mol. The fourth-order valence-corrected chi connectivity index (χ4v) is 9.75. The van der Waals surface area contributed by atoms with Gasteiger partial charge >= 0.3 is 11.9 Å². The Morgan fingerprint density at radius 1 is 0.432 bits per heavy atom. The Morgan fingerprint density at radius 2 is 0.847 bits per heavy atom. The summed E-state index contributed by atoms with van der Waals surface area (Å²) in [5, 5.41) is 32.4. The van der Waals surface area contributed by atoms with Crippen molar-refractivity contribution >= 4 is 121 Å². The number of hydrogen-bond donors (Lipinski definition) is 8. The molecule has 0 bridgehead atoms. The lowest BCUT2D eigenvalue weighted by molar-refractivity contribution is -0.144. The number of amides is 5.